The van der Waals surface area contributed by atoms with Crippen molar-refractivity contribution >= 4 is 73.8 Å². The molecule has 8 bridgehead atoms. The minimum atomic E-state index is 0.510. The average molecular weight is 807 g/mol. The van der Waals surface area contributed by atoms with E-state index in [9.17, 15) is 4.79 Å². The van der Waals surface area contributed by atoms with Crippen molar-refractivity contribution < 1.29 is 4.79 Å². The number of fused-ring (bicyclic) bond motifs is 8. The largest absolute Gasteiger partial charge is 0.354 e. The van der Waals surface area contributed by atoms with E-state index in [0.29, 0.717) is 17.0 Å². The van der Waals surface area contributed by atoms with Crippen LogP contribution in [0.25, 0.3) is 89.4 Å². The summed E-state index contributed by atoms with van der Waals surface area (Å²) in [6, 6.07) is 58.7. The molecule has 2 aliphatic rings. The maximum absolute atomic E-state index is 13.2. The zero-order valence-electron chi connectivity index (χ0n) is 32.1. The molecule has 0 amide bonds. The molecule has 0 unspecified atom stereocenters. The summed E-state index contributed by atoms with van der Waals surface area (Å²) in [6.07, 6.45) is 2.85. The molecule has 2 N–H and O–H groups in total. The van der Waals surface area contributed by atoms with Gasteiger partial charge in [0, 0.05) is 70.8 Å². The Kier molecular flexibility index (Phi) is 8.95. The molecule has 9 aromatic rings. The minimum Gasteiger partial charge on any atom is -0.354 e. The average Bonchev–Trinajstić information content (AvgIpc) is 4.16. The zero-order chi connectivity index (χ0) is 40.0. The second-order valence-corrected chi connectivity index (χ2v) is 16.5. The molecule has 0 saturated heterocycles. The van der Waals surface area contributed by atoms with Gasteiger partial charge < -0.3 is 9.97 Å². The molecule has 5 nitrogen and oxygen atoms in total. The summed E-state index contributed by atoms with van der Waals surface area (Å²) in [5, 5.41) is 4.28. The molecule has 11 rings (SSSR count). The van der Waals surface area contributed by atoms with E-state index in [2.05, 4.69) is 148 Å². The summed E-state index contributed by atoms with van der Waals surface area (Å²) in [4.78, 5) is 34.4. The van der Waals surface area contributed by atoms with Gasteiger partial charge in [-0.1, -0.05) is 133 Å². The lowest BCUT2D eigenvalue weighted by Gasteiger charge is -2.11. The molecular weight excluding hydrogens is 773 g/mol. The van der Waals surface area contributed by atoms with Gasteiger partial charge in [-0.05, 0) is 75.5 Å². The highest BCUT2D eigenvalue weighted by Crippen LogP contribution is 2.49. The number of aromatic nitrogens is 4. The third-order valence-corrected chi connectivity index (χ3v) is 12.8. The molecular formula is C53H34N4OS2. The van der Waals surface area contributed by atoms with Gasteiger partial charge in [-0.15, -0.1) is 22.7 Å². The number of hydrogen-bond donors (Lipinski definition) is 2. The second kappa shape index (κ2) is 15.1. The molecule has 7 heterocycles. The van der Waals surface area contributed by atoms with Crippen LogP contribution in [0, 0.1) is 0 Å². The number of allylic oxidation sites excluding steroid dienone is 1. The van der Waals surface area contributed by atoms with Gasteiger partial charge in [-0.3, -0.25) is 4.79 Å². The number of rotatable bonds is 7. The highest BCUT2D eigenvalue weighted by molar-refractivity contribution is 7.12. The number of thiophene rings is 2. The van der Waals surface area contributed by atoms with Crippen LogP contribution in [0.2, 0.25) is 0 Å². The van der Waals surface area contributed by atoms with E-state index in [-0.39, 0.29) is 0 Å². The van der Waals surface area contributed by atoms with Crippen LogP contribution >= 0.6 is 22.7 Å². The molecule has 284 valence electrons. The first-order chi connectivity index (χ1) is 29.7. The van der Waals surface area contributed by atoms with Gasteiger partial charge in [0.1, 0.15) is 0 Å². The van der Waals surface area contributed by atoms with Crippen molar-refractivity contribution in [1.82, 2.24) is 19.9 Å². The van der Waals surface area contributed by atoms with Crippen molar-refractivity contribution in [1.29, 1.82) is 0 Å². The number of hydrogen-bond acceptors (Lipinski definition) is 5. The molecule has 4 aromatic carbocycles. The smallest absolute Gasteiger partial charge is 0.152 e. The third kappa shape index (κ3) is 6.11. The Hall–Kier alpha value is -7.45. The van der Waals surface area contributed by atoms with Gasteiger partial charge >= 0.3 is 0 Å². The van der Waals surface area contributed by atoms with E-state index < -0.39 is 0 Å². The summed E-state index contributed by atoms with van der Waals surface area (Å²) < 4.78 is 0. The highest BCUT2D eigenvalue weighted by atomic mass is 32.1. The Morgan fingerprint density at radius 1 is 0.400 bits per heavy atom. The Morgan fingerprint density at radius 2 is 0.783 bits per heavy atom. The van der Waals surface area contributed by atoms with Crippen LogP contribution in [0.15, 0.2) is 181 Å². The van der Waals surface area contributed by atoms with E-state index >= 15 is 0 Å². The monoisotopic (exact) mass is 806 g/mol. The van der Waals surface area contributed by atoms with E-state index in [1.165, 1.54) is 0 Å². The predicted octanol–water partition coefficient (Wildman–Crippen LogP) is 13.9. The summed E-state index contributed by atoms with van der Waals surface area (Å²) >= 11 is 3.45. The first-order valence-electron chi connectivity index (χ1n) is 19.8. The maximum Gasteiger partial charge on any atom is 0.152 e. The molecule has 2 aliphatic heterocycles. The lowest BCUT2D eigenvalue weighted by Crippen LogP contribution is -1.92. The fourth-order valence-corrected chi connectivity index (χ4v) is 10.0. The van der Waals surface area contributed by atoms with Gasteiger partial charge in [-0.25, -0.2) is 9.97 Å². The Balaban J connectivity index is 1.42. The summed E-state index contributed by atoms with van der Waals surface area (Å²) in [5.41, 5.74) is 17.0. The number of aldehydes is 1. The first-order valence-corrected chi connectivity index (χ1v) is 21.5. The van der Waals surface area contributed by atoms with E-state index in [0.717, 1.165) is 105 Å². The van der Waals surface area contributed by atoms with Gasteiger partial charge in [0.2, 0.25) is 0 Å². The Labute approximate surface area is 354 Å². The zero-order valence-corrected chi connectivity index (χ0v) is 33.7. The number of H-pyrrole nitrogens is 2. The van der Waals surface area contributed by atoms with Crippen molar-refractivity contribution in [2.24, 2.45) is 0 Å². The minimum absolute atomic E-state index is 0.510. The molecule has 0 aliphatic carbocycles. The summed E-state index contributed by atoms with van der Waals surface area (Å²) in [7, 11) is 0. The van der Waals surface area contributed by atoms with Crippen LogP contribution in [-0.2, 0) is 4.79 Å². The van der Waals surface area contributed by atoms with Crippen LogP contribution in [0.1, 0.15) is 32.5 Å². The number of carbonyl (C=O) groups excluding carboxylic acids is 1. The molecule has 0 spiro atoms. The molecule has 0 radical (unpaired) electrons. The Morgan fingerprint density at radius 3 is 1.17 bits per heavy atom. The Bertz CT molecular complexity index is 3290. The van der Waals surface area contributed by atoms with Crippen molar-refractivity contribution in [3.8, 4) is 44.5 Å². The third-order valence-electron chi connectivity index (χ3n) is 11.1. The molecule has 5 aromatic heterocycles. The van der Waals surface area contributed by atoms with Crippen LogP contribution in [0.3, 0.4) is 0 Å². The normalized spacial score (nSPS) is 12.4. The predicted molar refractivity (Wildman–Crippen MR) is 250 cm³/mol. The van der Waals surface area contributed by atoms with Crippen LogP contribution < -0.4 is 0 Å². The quantitative estimate of drug-likeness (QED) is 0.158. The van der Waals surface area contributed by atoms with Crippen molar-refractivity contribution in [2.45, 2.75) is 0 Å². The molecule has 7 heteroatoms. The lowest BCUT2D eigenvalue weighted by atomic mass is 9.93. The van der Waals surface area contributed by atoms with Crippen molar-refractivity contribution in [2.75, 3.05) is 0 Å². The molecule has 0 fully saturated rings. The SMILES string of the molecule is O=CC1=Cc2nc1c(-c1ccccc1)c1ccc([nH]1)c(-c1ccccc1)c1nc(c(-c3ccccc3)c3ccc([nH]3)c2-c2ccccc2)C(c2cccs2)=C1c1cccs1. The van der Waals surface area contributed by atoms with Gasteiger partial charge in [0.25, 0.3) is 0 Å². The molecule has 0 saturated carbocycles. The van der Waals surface area contributed by atoms with Crippen LogP contribution in [0.4, 0.5) is 0 Å². The fourth-order valence-electron chi connectivity index (χ4n) is 8.49. The number of nitrogens with zero attached hydrogens (tertiary/aromatic N) is 2. The van der Waals surface area contributed by atoms with E-state index in [4.69, 9.17) is 9.97 Å². The number of carbonyl (C=O) groups is 1. The fraction of sp³-hybridized carbons (Fsp3) is 0. The van der Waals surface area contributed by atoms with E-state index in [1.807, 2.05) is 48.5 Å². The summed E-state index contributed by atoms with van der Waals surface area (Å²) in [5.74, 6) is 0. The van der Waals surface area contributed by atoms with Gasteiger partial charge in [-0.2, -0.15) is 0 Å². The molecule has 0 atom stereocenters. The van der Waals surface area contributed by atoms with Crippen molar-refractivity contribution in [3.63, 3.8) is 0 Å². The maximum atomic E-state index is 13.2. The standard InChI is InChI=1S/C53H34N4OS2/c58-32-37-31-42-45(33-15-5-1-6-16-33)38-25-26-40(54-38)47(35-19-9-3-10-20-35)52-49(43-23-13-29-59-43)50(44-24-14-30-60-44)53(57-52)48(36-21-11-4-12-22-36)41-28-27-39(55-41)46(51(37)56-42)34-17-7-2-8-18-34/h1-32,54-55H. The first kappa shape index (κ1) is 35.7. The molecule has 60 heavy (non-hydrogen) atoms. The van der Waals surface area contributed by atoms with Crippen molar-refractivity contribution in [3.05, 3.63) is 213 Å². The number of benzene rings is 4. The van der Waals surface area contributed by atoms with Crippen LogP contribution in [0.5, 0.6) is 0 Å². The topological polar surface area (TPSA) is 74.4 Å². The lowest BCUT2D eigenvalue weighted by molar-refractivity contribution is -0.103. The second-order valence-electron chi connectivity index (χ2n) is 14.6. The van der Waals surface area contributed by atoms with Gasteiger partial charge in [0.15, 0.2) is 6.29 Å². The number of aromatic amines is 2. The van der Waals surface area contributed by atoms with Gasteiger partial charge in [0.05, 0.1) is 22.8 Å². The number of nitrogens with one attached hydrogen (secondary N) is 2. The van der Waals surface area contributed by atoms with E-state index in [1.54, 1.807) is 22.7 Å². The highest BCUT2D eigenvalue weighted by Gasteiger charge is 2.31. The van der Waals surface area contributed by atoms with Crippen LogP contribution in [-0.4, -0.2) is 26.2 Å². The summed E-state index contributed by atoms with van der Waals surface area (Å²) in [6.45, 7) is 0.